The molecule has 8 atom stereocenters. The van der Waals surface area contributed by atoms with Crippen molar-refractivity contribution in [3.63, 3.8) is 0 Å². The fraction of sp³-hybridized carbons (Fsp3) is 1.00. The average Bonchev–Trinajstić information content (AvgIpc) is 3.06. The summed E-state index contributed by atoms with van der Waals surface area (Å²) in [5, 5.41) is 30.1. The molecule has 0 aromatic carbocycles. The maximum Gasteiger partial charge on any atom is 0.222 e. The molecule has 21 heavy (non-hydrogen) atoms. The van der Waals surface area contributed by atoms with E-state index in [1.807, 2.05) is 0 Å². The third-order valence-electron chi connectivity index (χ3n) is 4.61. The molecular formula is C12H17IO8. The second-order valence-electron chi connectivity index (χ2n) is 5.85. The first-order valence-corrected chi connectivity index (χ1v) is 8.39. The predicted molar refractivity (Wildman–Crippen MR) is 73.8 cm³/mol. The summed E-state index contributed by atoms with van der Waals surface area (Å²) in [6.45, 7) is 0.192. The fourth-order valence-corrected chi connectivity index (χ4v) is 4.09. The quantitative estimate of drug-likeness (QED) is 0.338. The van der Waals surface area contributed by atoms with Gasteiger partial charge in [0.1, 0.15) is 43.7 Å². The van der Waals surface area contributed by atoms with Crippen LogP contribution in [0.15, 0.2) is 0 Å². The second kappa shape index (κ2) is 4.95. The monoisotopic (exact) mass is 416 g/mol. The molecule has 0 aromatic heterocycles. The van der Waals surface area contributed by atoms with Crippen molar-refractivity contribution in [1.29, 1.82) is 0 Å². The zero-order valence-electron chi connectivity index (χ0n) is 11.1. The van der Waals surface area contributed by atoms with E-state index in [2.05, 4.69) is 22.6 Å². The molecule has 9 heteroatoms. The number of aliphatic hydroxyl groups is 3. The zero-order chi connectivity index (χ0) is 14.8. The van der Waals surface area contributed by atoms with Crippen LogP contribution in [0.2, 0.25) is 0 Å². The maximum absolute atomic E-state index is 10.2. The van der Waals surface area contributed by atoms with Gasteiger partial charge in [0.15, 0.2) is 0 Å². The standard InChI is InChI=1S/C12H17IO8/c13-1-5-7(14)9(16)11(20-5)3-19-12(4-18-11)10-8(15)6(21-12)2-17-10/h5-10,14-16H,1-4H2/t5-,6-,7-,8-,9+,10+,11-,12+/m1/s1. The molecule has 0 saturated carbocycles. The Kier molecular flexibility index (Phi) is 3.53. The minimum Gasteiger partial charge on any atom is -0.387 e. The van der Waals surface area contributed by atoms with Crippen molar-refractivity contribution in [3.8, 4) is 0 Å². The molecule has 4 fully saturated rings. The summed E-state index contributed by atoms with van der Waals surface area (Å²) in [4.78, 5) is 0. The lowest BCUT2D eigenvalue weighted by molar-refractivity contribution is -0.412. The van der Waals surface area contributed by atoms with Gasteiger partial charge in [0.25, 0.3) is 0 Å². The number of ether oxygens (including phenoxy) is 5. The van der Waals surface area contributed by atoms with Gasteiger partial charge >= 0.3 is 0 Å². The molecule has 8 nitrogen and oxygen atoms in total. The predicted octanol–water partition coefficient (Wildman–Crippen LogP) is -1.86. The molecule has 4 heterocycles. The van der Waals surface area contributed by atoms with Gasteiger partial charge < -0.3 is 39.0 Å². The molecule has 4 saturated heterocycles. The van der Waals surface area contributed by atoms with Gasteiger partial charge in [-0.1, -0.05) is 22.6 Å². The van der Waals surface area contributed by atoms with Gasteiger partial charge in [0.05, 0.1) is 12.7 Å². The average molecular weight is 416 g/mol. The van der Waals surface area contributed by atoms with E-state index in [-0.39, 0.29) is 13.2 Å². The Morgan fingerprint density at radius 1 is 1.00 bits per heavy atom. The highest BCUT2D eigenvalue weighted by Crippen LogP contribution is 2.46. The molecule has 4 aliphatic heterocycles. The largest absolute Gasteiger partial charge is 0.387 e. The van der Waals surface area contributed by atoms with E-state index in [1.54, 1.807) is 0 Å². The number of rotatable bonds is 1. The first-order chi connectivity index (χ1) is 10.0. The first-order valence-electron chi connectivity index (χ1n) is 6.87. The zero-order valence-corrected chi connectivity index (χ0v) is 13.2. The van der Waals surface area contributed by atoms with Crippen LogP contribution < -0.4 is 0 Å². The summed E-state index contributed by atoms with van der Waals surface area (Å²) in [6, 6.07) is 0. The highest BCUT2D eigenvalue weighted by atomic mass is 127. The highest BCUT2D eigenvalue weighted by Gasteiger charge is 2.67. The van der Waals surface area contributed by atoms with Crippen molar-refractivity contribution in [1.82, 2.24) is 0 Å². The van der Waals surface area contributed by atoms with Crippen LogP contribution in [0.25, 0.3) is 0 Å². The van der Waals surface area contributed by atoms with Gasteiger partial charge in [0, 0.05) is 4.43 Å². The summed E-state index contributed by atoms with van der Waals surface area (Å²) in [5.41, 5.74) is 0. The molecular weight excluding hydrogens is 399 g/mol. The third-order valence-corrected chi connectivity index (χ3v) is 5.48. The van der Waals surface area contributed by atoms with Gasteiger partial charge in [-0.15, -0.1) is 0 Å². The molecule has 0 amide bonds. The Morgan fingerprint density at radius 3 is 2.19 bits per heavy atom. The molecule has 2 bridgehead atoms. The lowest BCUT2D eigenvalue weighted by Gasteiger charge is -2.45. The number of halogens is 1. The molecule has 2 spiro atoms. The Labute approximate surface area is 134 Å². The summed E-state index contributed by atoms with van der Waals surface area (Å²) in [6.07, 6.45) is -4.51. The molecule has 4 rings (SSSR count). The molecule has 120 valence electrons. The van der Waals surface area contributed by atoms with Crippen LogP contribution in [0.1, 0.15) is 0 Å². The summed E-state index contributed by atoms with van der Waals surface area (Å²) in [7, 11) is 0. The lowest BCUT2D eigenvalue weighted by Crippen LogP contribution is -2.63. The Morgan fingerprint density at radius 2 is 1.71 bits per heavy atom. The third kappa shape index (κ3) is 1.96. The molecule has 0 aromatic rings. The van der Waals surface area contributed by atoms with E-state index in [1.165, 1.54) is 0 Å². The molecule has 0 unspecified atom stereocenters. The Bertz CT molecular complexity index is 425. The number of aliphatic hydroxyl groups excluding tert-OH is 3. The van der Waals surface area contributed by atoms with Crippen molar-refractivity contribution in [2.24, 2.45) is 0 Å². The molecule has 0 aliphatic carbocycles. The molecule has 4 aliphatic rings. The Balaban J connectivity index is 1.50. The second-order valence-corrected chi connectivity index (χ2v) is 6.73. The van der Waals surface area contributed by atoms with E-state index in [9.17, 15) is 15.3 Å². The maximum atomic E-state index is 10.2. The smallest absolute Gasteiger partial charge is 0.222 e. The van der Waals surface area contributed by atoms with Crippen molar-refractivity contribution >= 4 is 22.6 Å². The SMILES string of the molecule is O[C@@H]1[C@@H](CI)O[C@]2(CO[C@@]3(CO2)O[C@@H]2CO[C@H]3[C@@H]2O)[C@H]1O. The highest BCUT2D eigenvalue weighted by molar-refractivity contribution is 14.1. The van der Waals surface area contributed by atoms with E-state index in [4.69, 9.17) is 23.7 Å². The normalized spacial score (nSPS) is 59.4. The van der Waals surface area contributed by atoms with E-state index in [0.717, 1.165) is 0 Å². The lowest BCUT2D eigenvalue weighted by atomic mass is 10.0. The van der Waals surface area contributed by atoms with Crippen LogP contribution in [-0.2, 0) is 23.7 Å². The van der Waals surface area contributed by atoms with Gasteiger partial charge in [-0.2, -0.15) is 0 Å². The number of alkyl halides is 1. The van der Waals surface area contributed by atoms with E-state index >= 15 is 0 Å². The topological polar surface area (TPSA) is 107 Å². The van der Waals surface area contributed by atoms with E-state index in [0.29, 0.717) is 11.0 Å². The van der Waals surface area contributed by atoms with Gasteiger partial charge in [0.2, 0.25) is 11.6 Å². The number of hydrogen-bond donors (Lipinski definition) is 3. The van der Waals surface area contributed by atoms with Crippen LogP contribution in [-0.4, -0.2) is 87.8 Å². The minimum atomic E-state index is -1.39. The van der Waals surface area contributed by atoms with E-state index < -0.39 is 48.2 Å². The Hall–Kier alpha value is 0.410. The van der Waals surface area contributed by atoms with Crippen molar-refractivity contribution in [3.05, 3.63) is 0 Å². The minimum absolute atomic E-state index is 0.0387. The van der Waals surface area contributed by atoms with Crippen LogP contribution in [0, 0.1) is 0 Å². The number of hydrogen-bond acceptors (Lipinski definition) is 8. The van der Waals surface area contributed by atoms with Crippen molar-refractivity contribution < 1.29 is 39.0 Å². The summed E-state index contributed by atoms with van der Waals surface area (Å²) in [5.74, 6) is -2.55. The van der Waals surface area contributed by atoms with Crippen molar-refractivity contribution in [2.75, 3.05) is 24.2 Å². The van der Waals surface area contributed by atoms with Crippen LogP contribution in [0.3, 0.4) is 0 Å². The first kappa shape index (κ1) is 15.0. The van der Waals surface area contributed by atoms with Gasteiger partial charge in [-0.3, -0.25) is 0 Å². The van der Waals surface area contributed by atoms with Crippen molar-refractivity contribution in [2.45, 2.75) is 48.2 Å². The number of fused-ring (bicyclic) bond motifs is 3. The molecule has 0 radical (unpaired) electrons. The van der Waals surface area contributed by atoms with Crippen LogP contribution >= 0.6 is 22.6 Å². The summed E-state index contributed by atoms with van der Waals surface area (Å²) < 4.78 is 28.8. The summed E-state index contributed by atoms with van der Waals surface area (Å²) >= 11 is 2.07. The molecule has 3 N–H and O–H groups in total. The van der Waals surface area contributed by atoms with Crippen LogP contribution in [0.5, 0.6) is 0 Å². The van der Waals surface area contributed by atoms with Gasteiger partial charge in [-0.25, -0.2) is 0 Å². The van der Waals surface area contributed by atoms with Crippen LogP contribution in [0.4, 0.5) is 0 Å². The van der Waals surface area contributed by atoms with Gasteiger partial charge in [-0.05, 0) is 0 Å². The fourth-order valence-electron chi connectivity index (χ4n) is 3.39.